The molecule has 0 bridgehead atoms. The van der Waals surface area contributed by atoms with Crippen LogP contribution in [0.2, 0.25) is 0 Å². The number of aromatic nitrogens is 1. The number of amides is 1. The van der Waals surface area contributed by atoms with Gasteiger partial charge in [0.1, 0.15) is 5.69 Å². The van der Waals surface area contributed by atoms with Crippen LogP contribution in [0.15, 0.2) is 36.5 Å². The first-order valence-corrected chi connectivity index (χ1v) is 9.90. The van der Waals surface area contributed by atoms with Crippen molar-refractivity contribution in [2.75, 3.05) is 42.5 Å². The van der Waals surface area contributed by atoms with Crippen LogP contribution in [-0.2, 0) is 0 Å². The van der Waals surface area contributed by atoms with E-state index in [1.54, 1.807) is 0 Å². The maximum Gasteiger partial charge on any atom is 0.269 e. The van der Waals surface area contributed by atoms with Crippen LogP contribution in [0.4, 0.5) is 11.4 Å². The van der Waals surface area contributed by atoms with Crippen LogP contribution >= 0.6 is 0 Å². The number of anilines is 2. The zero-order valence-electron chi connectivity index (χ0n) is 16.7. The van der Waals surface area contributed by atoms with Crippen molar-refractivity contribution in [2.24, 2.45) is 0 Å². The molecule has 2 aromatic rings. The summed E-state index contributed by atoms with van der Waals surface area (Å²) in [6, 6.07) is 10.4. The highest BCUT2D eigenvalue weighted by Crippen LogP contribution is 2.25. The van der Waals surface area contributed by atoms with Gasteiger partial charge in [-0.2, -0.15) is 0 Å². The molecule has 0 aliphatic carbocycles. The molecule has 5 nitrogen and oxygen atoms in total. The standard InChI is InChI=1S/C22H30N4O/c1-4-5-11-23-22(27)20-10-9-19(16-24-20)25-12-14-26(15-13-25)21-8-6-7-17(2)18(21)3/h6-10,16H,4-5,11-15H2,1-3H3,(H,23,27). The highest BCUT2D eigenvalue weighted by atomic mass is 16.1. The number of pyridine rings is 1. The minimum absolute atomic E-state index is 0.0882. The lowest BCUT2D eigenvalue weighted by molar-refractivity contribution is 0.0948. The summed E-state index contributed by atoms with van der Waals surface area (Å²) >= 11 is 0. The Balaban J connectivity index is 1.58. The summed E-state index contributed by atoms with van der Waals surface area (Å²) in [4.78, 5) is 21.2. The van der Waals surface area contributed by atoms with Crippen molar-refractivity contribution in [3.05, 3.63) is 53.3 Å². The lowest BCUT2D eigenvalue weighted by Gasteiger charge is -2.38. The summed E-state index contributed by atoms with van der Waals surface area (Å²) in [6.07, 6.45) is 3.89. The highest BCUT2D eigenvalue weighted by Gasteiger charge is 2.19. The molecule has 3 rings (SSSR count). The van der Waals surface area contributed by atoms with Crippen molar-refractivity contribution in [2.45, 2.75) is 33.6 Å². The van der Waals surface area contributed by atoms with E-state index in [1.165, 1.54) is 16.8 Å². The number of hydrogen-bond donors (Lipinski definition) is 1. The molecule has 1 aromatic heterocycles. The van der Waals surface area contributed by atoms with Gasteiger partial charge in [-0.1, -0.05) is 25.5 Å². The third-order valence-electron chi connectivity index (χ3n) is 5.36. The number of rotatable bonds is 6. The Bertz CT molecular complexity index is 764. The summed E-state index contributed by atoms with van der Waals surface area (Å²) in [6.45, 7) is 11.1. The second-order valence-corrected chi connectivity index (χ2v) is 7.20. The zero-order valence-corrected chi connectivity index (χ0v) is 16.7. The molecule has 5 heteroatoms. The van der Waals surface area contributed by atoms with Crippen molar-refractivity contribution in [1.82, 2.24) is 10.3 Å². The van der Waals surface area contributed by atoms with Crippen LogP contribution in [0, 0.1) is 13.8 Å². The van der Waals surface area contributed by atoms with Gasteiger partial charge >= 0.3 is 0 Å². The maximum absolute atomic E-state index is 12.1. The first-order valence-electron chi connectivity index (χ1n) is 9.90. The Morgan fingerprint density at radius 1 is 1.07 bits per heavy atom. The predicted octanol–water partition coefficient (Wildman–Crippen LogP) is 3.55. The number of hydrogen-bond acceptors (Lipinski definition) is 4. The molecule has 0 spiro atoms. The lowest BCUT2D eigenvalue weighted by atomic mass is 10.1. The molecule has 144 valence electrons. The van der Waals surface area contributed by atoms with E-state index >= 15 is 0 Å². The molecule has 0 radical (unpaired) electrons. The van der Waals surface area contributed by atoms with Crippen molar-refractivity contribution in [3.8, 4) is 0 Å². The summed E-state index contributed by atoms with van der Waals surface area (Å²) in [7, 11) is 0. The van der Waals surface area contributed by atoms with Crippen LogP contribution in [0.1, 0.15) is 41.4 Å². The summed E-state index contributed by atoms with van der Waals surface area (Å²) in [5.41, 5.74) is 5.62. The average molecular weight is 367 g/mol. The molecular weight excluding hydrogens is 336 g/mol. The smallest absolute Gasteiger partial charge is 0.269 e. The summed E-state index contributed by atoms with van der Waals surface area (Å²) in [5.74, 6) is -0.0882. The number of carbonyl (C=O) groups is 1. The molecule has 0 saturated carbocycles. The molecule has 1 aromatic carbocycles. The molecule has 27 heavy (non-hydrogen) atoms. The largest absolute Gasteiger partial charge is 0.368 e. The maximum atomic E-state index is 12.1. The third kappa shape index (κ3) is 4.59. The first kappa shape index (κ1) is 19.2. The van der Waals surface area contributed by atoms with Gasteiger partial charge < -0.3 is 15.1 Å². The number of carbonyl (C=O) groups excluding carboxylic acids is 1. The Kier molecular flexibility index (Phi) is 6.32. The predicted molar refractivity (Wildman–Crippen MR) is 112 cm³/mol. The quantitative estimate of drug-likeness (QED) is 0.794. The van der Waals surface area contributed by atoms with Gasteiger partial charge in [0.25, 0.3) is 5.91 Å². The van der Waals surface area contributed by atoms with E-state index in [2.05, 4.69) is 59.1 Å². The second kappa shape index (κ2) is 8.89. The van der Waals surface area contributed by atoms with Gasteiger partial charge in [-0.15, -0.1) is 0 Å². The highest BCUT2D eigenvalue weighted by molar-refractivity contribution is 5.92. The average Bonchev–Trinajstić information content (AvgIpc) is 2.70. The van der Waals surface area contributed by atoms with E-state index in [0.29, 0.717) is 12.2 Å². The van der Waals surface area contributed by atoms with Gasteiger partial charge in [-0.05, 0) is 49.6 Å². The van der Waals surface area contributed by atoms with Crippen molar-refractivity contribution in [3.63, 3.8) is 0 Å². The number of unbranched alkanes of at least 4 members (excludes halogenated alkanes) is 1. The Morgan fingerprint density at radius 2 is 1.81 bits per heavy atom. The van der Waals surface area contributed by atoms with E-state index in [-0.39, 0.29) is 5.91 Å². The van der Waals surface area contributed by atoms with Crippen molar-refractivity contribution < 1.29 is 4.79 Å². The summed E-state index contributed by atoms with van der Waals surface area (Å²) < 4.78 is 0. The molecule has 1 fully saturated rings. The Hall–Kier alpha value is -2.56. The minimum Gasteiger partial charge on any atom is -0.368 e. The van der Waals surface area contributed by atoms with Crippen molar-refractivity contribution in [1.29, 1.82) is 0 Å². The van der Waals surface area contributed by atoms with E-state index in [0.717, 1.165) is 44.7 Å². The Labute approximate surface area is 162 Å². The molecule has 1 amide bonds. The van der Waals surface area contributed by atoms with Gasteiger partial charge in [-0.25, -0.2) is 4.98 Å². The minimum atomic E-state index is -0.0882. The third-order valence-corrected chi connectivity index (χ3v) is 5.36. The van der Waals surface area contributed by atoms with Gasteiger partial charge in [0.15, 0.2) is 0 Å². The molecular formula is C22H30N4O. The molecule has 0 unspecified atom stereocenters. The topological polar surface area (TPSA) is 48.5 Å². The number of benzene rings is 1. The lowest BCUT2D eigenvalue weighted by Crippen LogP contribution is -2.46. The van der Waals surface area contributed by atoms with Crippen LogP contribution < -0.4 is 15.1 Å². The van der Waals surface area contributed by atoms with Gasteiger partial charge in [-0.3, -0.25) is 4.79 Å². The second-order valence-electron chi connectivity index (χ2n) is 7.20. The van der Waals surface area contributed by atoms with Crippen LogP contribution in [-0.4, -0.2) is 43.6 Å². The number of nitrogens with zero attached hydrogens (tertiary/aromatic N) is 3. The van der Waals surface area contributed by atoms with Crippen LogP contribution in [0.5, 0.6) is 0 Å². The van der Waals surface area contributed by atoms with E-state index < -0.39 is 0 Å². The van der Waals surface area contributed by atoms with E-state index in [9.17, 15) is 4.79 Å². The van der Waals surface area contributed by atoms with Crippen LogP contribution in [0.25, 0.3) is 0 Å². The zero-order chi connectivity index (χ0) is 19.2. The molecule has 2 heterocycles. The number of piperazine rings is 1. The van der Waals surface area contributed by atoms with Gasteiger partial charge in [0, 0.05) is 38.4 Å². The van der Waals surface area contributed by atoms with Gasteiger partial charge in [0.05, 0.1) is 11.9 Å². The Morgan fingerprint density at radius 3 is 2.48 bits per heavy atom. The molecule has 1 aliphatic heterocycles. The monoisotopic (exact) mass is 366 g/mol. The van der Waals surface area contributed by atoms with Crippen LogP contribution in [0.3, 0.4) is 0 Å². The molecule has 1 N–H and O–H groups in total. The SMILES string of the molecule is CCCCNC(=O)c1ccc(N2CCN(c3cccc(C)c3C)CC2)cn1. The normalized spacial score (nSPS) is 14.3. The van der Waals surface area contributed by atoms with Gasteiger partial charge in [0.2, 0.25) is 0 Å². The first-order chi connectivity index (χ1) is 13.1. The fourth-order valence-corrected chi connectivity index (χ4v) is 3.46. The molecule has 1 saturated heterocycles. The van der Waals surface area contributed by atoms with Crippen molar-refractivity contribution >= 4 is 17.3 Å². The van der Waals surface area contributed by atoms with E-state index in [4.69, 9.17) is 0 Å². The number of nitrogens with one attached hydrogen (secondary N) is 1. The molecule has 0 atom stereocenters. The number of aryl methyl sites for hydroxylation is 1. The fraction of sp³-hybridized carbons (Fsp3) is 0.455. The fourth-order valence-electron chi connectivity index (χ4n) is 3.46. The molecule has 1 aliphatic rings. The summed E-state index contributed by atoms with van der Waals surface area (Å²) in [5, 5.41) is 2.91. The van der Waals surface area contributed by atoms with E-state index in [1.807, 2.05) is 18.3 Å².